The van der Waals surface area contributed by atoms with Crippen molar-refractivity contribution in [2.75, 3.05) is 19.6 Å². The lowest BCUT2D eigenvalue weighted by atomic mass is 9.98. The molecule has 1 aliphatic heterocycles. The van der Waals surface area contributed by atoms with Crippen LogP contribution in [0.5, 0.6) is 0 Å². The first-order valence-electron chi connectivity index (χ1n) is 10.2. The number of carbonyl (C=O) groups is 1. The van der Waals surface area contributed by atoms with E-state index in [2.05, 4.69) is 46.6 Å². The van der Waals surface area contributed by atoms with Gasteiger partial charge in [-0.15, -0.1) is 34.2 Å². The van der Waals surface area contributed by atoms with Crippen molar-refractivity contribution in [3.63, 3.8) is 0 Å². The molecule has 8 nitrogen and oxygen atoms in total. The van der Waals surface area contributed by atoms with Gasteiger partial charge in [-0.25, -0.2) is 4.99 Å². The van der Waals surface area contributed by atoms with E-state index in [1.165, 1.54) is 0 Å². The van der Waals surface area contributed by atoms with E-state index in [-0.39, 0.29) is 29.9 Å². The summed E-state index contributed by atoms with van der Waals surface area (Å²) in [5, 5.41) is 15.0. The molecule has 1 saturated heterocycles. The van der Waals surface area contributed by atoms with Gasteiger partial charge >= 0.3 is 0 Å². The first-order valence-corrected chi connectivity index (χ1v) is 10.2. The summed E-state index contributed by atoms with van der Waals surface area (Å²) in [6.45, 7) is 11.1. The minimum Gasteiger partial charge on any atom is -0.357 e. The first-order chi connectivity index (χ1) is 13.0. The van der Waals surface area contributed by atoms with Crippen LogP contribution in [-0.4, -0.2) is 57.2 Å². The van der Waals surface area contributed by atoms with Gasteiger partial charge in [-0.05, 0) is 39.5 Å². The number of nitrogens with one attached hydrogen (secondary N) is 2. The van der Waals surface area contributed by atoms with Crippen LogP contribution in [0.3, 0.4) is 0 Å². The van der Waals surface area contributed by atoms with Gasteiger partial charge in [-0.2, -0.15) is 0 Å². The third kappa shape index (κ3) is 6.59. The zero-order valence-electron chi connectivity index (χ0n) is 17.9. The van der Waals surface area contributed by atoms with Crippen LogP contribution < -0.4 is 10.6 Å². The molecule has 0 unspecified atom stereocenters. The predicted molar refractivity (Wildman–Crippen MR) is 123 cm³/mol. The SMILES string of the molecule is CCNC(=NCc1nnc(C)n1C)NC1CCN(C(=O)C(CC)CC)CC1.I. The number of carbonyl (C=O) groups excluding carboxylic acids is 1. The number of hydrogen-bond donors (Lipinski definition) is 2. The standard InChI is InChI=1S/C19H35N7O.HI/c1-6-15(7-2)18(27)26-11-9-16(10-12-26)22-19(20-8-3)21-13-17-24-23-14(4)25(17)5;/h15-16H,6-13H2,1-5H3,(H2,20,21,22);1H. The van der Waals surface area contributed by atoms with Gasteiger partial charge in [0.1, 0.15) is 12.4 Å². The van der Waals surface area contributed by atoms with E-state index in [0.717, 1.165) is 62.9 Å². The van der Waals surface area contributed by atoms with Crippen LogP contribution in [0, 0.1) is 12.8 Å². The predicted octanol–water partition coefficient (Wildman–Crippen LogP) is 2.22. The fraction of sp³-hybridized carbons (Fsp3) is 0.789. The molecule has 2 rings (SSSR count). The number of aliphatic imine (C=N–C) groups is 1. The topological polar surface area (TPSA) is 87.4 Å². The molecule has 1 aromatic heterocycles. The quantitative estimate of drug-likeness (QED) is 0.337. The van der Waals surface area contributed by atoms with Crippen LogP contribution in [0.25, 0.3) is 0 Å². The molecule has 0 spiro atoms. The lowest BCUT2D eigenvalue weighted by molar-refractivity contribution is -0.136. The zero-order valence-corrected chi connectivity index (χ0v) is 20.2. The second-order valence-electron chi connectivity index (χ2n) is 7.17. The molecule has 1 fully saturated rings. The van der Waals surface area contributed by atoms with Crippen LogP contribution in [0.2, 0.25) is 0 Å². The Bertz CT molecular complexity index is 634. The largest absolute Gasteiger partial charge is 0.357 e. The number of halogens is 1. The molecule has 0 bridgehead atoms. The molecule has 2 heterocycles. The summed E-state index contributed by atoms with van der Waals surface area (Å²) >= 11 is 0. The fourth-order valence-electron chi connectivity index (χ4n) is 3.39. The monoisotopic (exact) mass is 505 g/mol. The smallest absolute Gasteiger partial charge is 0.225 e. The van der Waals surface area contributed by atoms with Gasteiger partial charge < -0.3 is 20.1 Å². The number of guanidine groups is 1. The maximum Gasteiger partial charge on any atom is 0.225 e. The number of piperidine rings is 1. The highest BCUT2D eigenvalue weighted by Gasteiger charge is 2.26. The molecule has 160 valence electrons. The molecule has 0 radical (unpaired) electrons. The van der Waals surface area contributed by atoms with Crippen LogP contribution in [0.15, 0.2) is 4.99 Å². The van der Waals surface area contributed by atoms with Gasteiger partial charge in [-0.3, -0.25) is 4.79 Å². The van der Waals surface area contributed by atoms with Crippen molar-refractivity contribution in [1.82, 2.24) is 30.3 Å². The van der Waals surface area contributed by atoms with Gasteiger partial charge in [-0.1, -0.05) is 13.8 Å². The normalized spacial score (nSPS) is 15.5. The van der Waals surface area contributed by atoms with E-state index >= 15 is 0 Å². The summed E-state index contributed by atoms with van der Waals surface area (Å²) in [6, 6.07) is 0.329. The Balaban J connectivity index is 0.00000392. The number of hydrogen-bond acceptors (Lipinski definition) is 4. The summed E-state index contributed by atoms with van der Waals surface area (Å²) in [5.74, 6) is 3.01. The Morgan fingerprint density at radius 3 is 2.36 bits per heavy atom. The Morgan fingerprint density at radius 1 is 1.21 bits per heavy atom. The maximum atomic E-state index is 12.5. The van der Waals surface area contributed by atoms with Crippen molar-refractivity contribution in [2.45, 2.75) is 66.0 Å². The minimum absolute atomic E-state index is 0. The average Bonchev–Trinajstić information content (AvgIpc) is 2.99. The van der Waals surface area contributed by atoms with Crippen LogP contribution >= 0.6 is 24.0 Å². The molecule has 9 heteroatoms. The highest BCUT2D eigenvalue weighted by atomic mass is 127. The summed E-state index contributed by atoms with van der Waals surface area (Å²) in [6.07, 6.45) is 3.73. The molecule has 0 atom stereocenters. The molecule has 0 aliphatic carbocycles. The summed E-state index contributed by atoms with van der Waals surface area (Å²) < 4.78 is 1.95. The van der Waals surface area contributed by atoms with Crippen LogP contribution in [0.1, 0.15) is 58.1 Å². The number of likely N-dealkylation sites (tertiary alicyclic amines) is 1. The first kappa shape index (κ1) is 24.6. The summed E-state index contributed by atoms with van der Waals surface area (Å²) in [4.78, 5) is 19.2. The van der Waals surface area contributed by atoms with Crippen molar-refractivity contribution >= 4 is 35.8 Å². The molecule has 1 aliphatic rings. The molecule has 1 amide bonds. The van der Waals surface area contributed by atoms with Crippen molar-refractivity contribution in [3.05, 3.63) is 11.6 Å². The van der Waals surface area contributed by atoms with Gasteiger partial charge in [0.25, 0.3) is 0 Å². The molecule has 2 N–H and O–H groups in total. The highest BCUT2D eigenvalue weighted by molar-refractivity contribution is 14.0. The van der Waals surface area contributed by atoms with E-state index in [1.54, 1.807) is 0 Å². The summed E-state index contributed by atoms with van der Waals surface area (Å²) in [5.41, 5.74) is 0. The van der Waals surface area contributed by atoms with Crippen LogP contribution in [0.4, 0.5) is 0 Å². The fourth-order valence-corrected chi connectivity index (χ4v) is 3.39. The van der Waals surface area contributed by atoms with E-state index in [9.17, 15) is 4.79 Å². The van der Waals surface area contributed by atoms with Crippen molar-refractivity contribution < 1.29 is 4.79 Å². The summed E-state index contributed by atoms with van der Waals surface area (Å²) in [7, 11) is 1.95. The van der Waals surface area contributed by atoms with E-state index < -0.39 is 0 Å². The van der Waals surface area contributed by atoms with Gasteiger partial charge in [0.15, 0.2) is 11.8 Å². The molecular formula is C19H36IN7O. The third-order valence-corrected chi connectivity index (χ3v) is 5.39. The number of rotatable bonds is 7. The number of nitrogens with zero attached hydrogens (tertiary/aromatic N) is 5. The highest BCUT2D eigenvalue weighted by Crippen LogP contribution is 2.17. The van der Waals surface area contributed by atoms with E-state index in [0.29, 0.717) is 18.5 Å². The Kier molecular flexibility index (Phi) is 10.8. The third-order valence-electron chi connectivity index (χ3n) is 5.39. The molecule has 1 aromatic rings. The van der Waals surface area contributed by atoms with Gasteiger partial charge in [0.2, 0.25) is 5.91 Å². The maximum absolute atomic E-state index is 12.5. The Morgan fingerprint density at radius 2 is 1.86 bits per heavy atom. The number of aryl methyl sites for hydroxylation is 1. The average molecular weight is 505 g/mol. The second-order valence-corrected chi connectivity index (χ2v) is 7.17. The van der Waals surface area contributed by atoms with Crippen molar-refractivity contribution in [1.29, 1.82) is 0 Å². The minimum atomic E-state index is 0. The van der Waals surface area contributed by atoms with Crippen molar-refractivity contribution in [2.24, 2.45) is 18.0 Å². The zero-order chi connectivity index (χ0) is 19.8. The second kappa shape index (κ2) is 12.2. The molecule has 0 aromatic carbocycles. The lowest BCUT2D eigenvalue weighted by Gasteiger charge is -2.34. The van der Waals surface area contributed by atoms with Crippen molar-refractivity contribution in [3.8, 4) is 0 Å². The lowest BCUT2D eigenvalue weighted by Crippen LogP contribution is -2.50. The molecule has 0 saturated carbocycles. The Hall–Kier alpha value is -1.39. The number of amides is 1. The van der Waals surface area contributed by atoms with Crippen LogP contribution in [-0.2, 0) is 18.4 Å². The van der Waals surface area contributed by atoms with E-state index in [4.69, 9.17) is 0 Å². The molecular weight excluding hydrogens is 469 g/mol. The number of aromatic nitrogens is 3. The molecule has 28 heavy (non-hydrogen) atoms. The van der Waals surface area contributed by atoms with E-state index in [1.807, 2.05) is 23.4 Å². The van der Waals surface area contributed by atoms with Gasteiger partial charge in [0.05, 0.1) is 0 Å². The van der Waals surface area contributed by atoms with Gasteiger partial charge in [0, 0.05) is 38.6 Å². The Labute approximate surface area is 186 Å².